The molecule has 16 heavy (non-hydrogen) atoms. The van der Waals surface area contributed by atoms with Crippen molar-refractivity contribution in [2.24, 2.45) is 7.05 Å². The zero-order valence-electron chi connectivity index (χ0n) is 9.07. The largest absolute Gasteiger partial charge is 0.299 e. The fraction of sp³-hybridized carbons (Fsp3) is 0.333. The van der Waals surface area contributed by atoms with Crippen LogP contribution in [0.4, 0.5) is 0 Å². The molecule has 0 unspecified atom stereocenters. The van der Waals surface area contributed by atoms with E-state index in [1.807, 2.05) is 0 Å². The molecule has 2 aromatic rings. The molecule has 6 nitrogen and oxygen atoms in total. The molecule has 0 aromatic carbocycles. The van der Waals surface area contributed by atoms with Crippen LogP contribution in [0.1, 0.15) is 26.6 Å². The second-order valence-corrected chi connectivity index (χ2v) is 4.25. The molecular weight excluding hydrogens is 228 g/mol. The first-order chi connectivity index (χ1) is 7.52. The Labute approximate surface area is 95.1 Å². The number of nitrogens with zero attached hydrogens (tertiary/aromatic N) is 3. The molecule has 2 rings (SSSR count). The van der Waals surface area contributed by atoms with Gasteiger partial charge in [-0.3, -0.25) is 19.4 Å². The van der Waals surface area contributed by atoms with E-state index in [0.29, 0.717) is 16.3 Å². The molecule has 2 aromatic heterocycles. The second kappa shape index (κ2) is 3.67. The fourth-order valence-corrected chi connectivity index (χ4v) is 2.11. The SMILES string of the molecule is Cc1nnsc1C(=O)c1c(C)[nH]n(C)c1=O. The normalized spacial score (nSPS) is 10.7. The van der Waals surface area contributed by atoms with Crippen molar-refractivity contribution in [3.63, 3.8) is 0 Å². The van der Waals surface area contributed by atoms with Gasteiger partial charge in [0.1, 0.15) is 10.4 Å². The van der Waals surface area contributed by atoms with Gasteiger partial charge in [-0.1, -0.05) is 4.49 Å². The third-order valence-electron chi connectivity index (χ3n) is 2.31. The zero-order chi connectivity index (χ0) is 11.9. The average Bonchev–Trinajstić information content (AvgIpc) is 2.73. The molecule has 0 aliphatic carbocycles. The van der Waals surface area contributed by atoms with Crippen molar-refractivity contribution in [2.45, 2.75) is 13.8 Å². The van der Waals surface area contributed by atoms with Crippen LogP contribution < -0.4 is 5.56 Å². The predicted molar refractivity (Wildman–Crippen MR) is 58.8 cm³/mol. The Bertz CT molecular complexity index is 607. The standard InChI is InChI=1S/C9H10N4O2S/c1-4-6(9(15)13(3)11-4)7(14)8-5(2)10-12-16-8/h11H,1-3H3. The number of aromatic amines is 1. The van der Waals surface area contributed by atoms with Crippen molar-refractivity contribution in [1.82, 2.24) is 19.4 Å². The highest BCUT2D eigenvalue weighted by molar-refractivity contribution is 7.08. The topological polar surface area (TPSA) is 80.6 Å². The molecule has 0 saturated heterocycles. The Balaban J connectivity index is 2.58. The smallest absolute Gasteiger partial charge is 0.277 e. The minimum atomic E-state index is -0.324. The summed E-state index contributed by atoms with van der Waals surface area (Å²) in [5, 5.41) is 6.54. The Hall–Kier alpha value is -1.76. The lowest BCUT2D eigenvalue weighted by Gasteiger charge is -1.93. The van der Waals surface area contributed by atoms with E-state index in [-0.39, 0.29) is 16.9 Å². The van der Waals surface area contributed by atoms with Crippen LogP contribution in [0.25, 0.3) is 0 Å². The van der Waals surface area contributed by atoms with Crippen molar-refractivity contribution < 1.29 is 4.79 Å². The highest BCUT2D eigenvalue weighted by atomic mass is 32.1. The highest BCUT2D eigenvalue weighted by Gasteiger charge is 2.22. The Morgan fingerprint density at radius 2 is 2.12 bits per heavy atom. The lowest BCUT2D eigenvalue weighted by atomic mass is 10.1. The van der Waals surface area contributed by atoms with E-state index in [0.717, 1.165) is 11.5 Å². The maximum atomic E-state index is 12.1. The number of aromatic nitrogens is 4. The van der Waals surface area contributed by atoms with Gasteiger partial charge in [-0.15, -0.1) is 5.10 Å². The van der Waals surface area contributed by atoms with E-state index in [4.69, 9.17) is 0 Å². The number of aryl methyl sites for hydroxylation is 3. The summed E-state index contributed by atoms with van der Waals surface area (Å²) in [5.41, 5.74) is 0.954. The molecule has 0 aliphatic rings. The fourth-order valence-electron chi connectivity index (χ4n) is 1.51. The molecule has 7 heteroatoms. The van der Waals surface area contributed by atoms with Gasteiger partial charge in [-0.2, -0.15) is 0 Å². The van der Waals surface area contributed by atoms with Crippen LogP contribution in [-0.4, -0.2) is 25.2 Å². The maximum absolute atomic E-state index is 12.1. The highest BCUT2D eigenvalue weighted by Crippen LogP contribution is 2.15. The molecule has 0 radical (unpaired) electrons. The predicted octanol–water partition coefficient (Wildman–Crippen LogP) is 0.413. The second-order valence-electron chi connectivity index (χ2n) is 3.49. The van der Waals surface area contributed by atoms with E-state index < -0.39 is 0 Å². The summed E-state index contributed by atoms with van der Waals surface area (Å²) in [4.78, 5) is 24.2. The number of hydrogen-bond donors (Lipinski definition) is 1. The first-order valence-corrected chi connectivity index (χ1v) is 5.39. The van der Waals surface area contributed by atoms with Crippen molar-refractivity contribution in [1.29, 1.82) is 0 Å². The number of ketones is 1. The van der Waals surface area contributed by atoms with Crippen LogP contribution in [0.2, 0.25) is 0 Å². The molecule has 0 bridgehead atoms. The van der Waals surface area contributed by atoms with Crippen molar-refractivity contribution in [2.75, 3.05) is 0 Å². The molecule has 0 fully saturated rings. The lowest BCUT2D eigenvalue weighted by molar-refractivity contribution is 0.104. The monoisotopic (exact) mass is 238 g/mol. The Morgan fingerprint density at radius 3 is 2.56 bits per heavy atom. The molecular formula is C9H10N4O2S. The summed E-state index contributed by atoms with van der Waals surface area (Å²) in [6.45, 7) is 3.39. The summed E-state index contributed by atoms with van der Waals surface area (Å²) < 4.78 is 4.97. The quantitative estimate of drug-likeness (QED) is 0.768. The molecule has 0 atom stereocenters. The van der Waals surface area contributed by atoms with Gasteiger partial charge in [0.05, 0.1) is 5.69 Å². The molecule has 0 amide bonds. The van der Waals surface area contributed by atoms with E-state index in [1.54, 1.807) is 20.9 Å². The van der Waals surface area contributed by atoms with E-state index in [1.165, 1.54) is 4.68 Å². The van der Waals surface area contributed by atoms with Gasteiger partial charge in [0.2, 0.25) is 5.78 Å². The van der Waals surface area contributed by atoms with Crippen molar-refractivity contribution in [3.05, 3.63) is 32.2 Å². The summed E-state index contributed by atoms with van der Waals surface area (Å²) >= 11 is 1.01. The van der Waals surface area contributed by atoms with Gasteiger partial charge in [0.25, 0.3) is 5.56 Å². The summed E-state index contributed by atoms with van der Waals surface area (Å²) in [6, 6.07) is 0. The van der Waals surface area contributed by atoms with Crippen LogP contribution >= 0.6 is 11.5 Å². The van der Waals surface area contributed by atoms with Gasteiger partial charge in [-0.25, -0.2) is 0 Å². The van der Waals surface area contributed by atoms with Gasteiger partial charge in [-0.05, 0) is 25.4 Å². The van der Waals surface area contributed by atoms with Gasteiger partial charge >= 0.3 is 0 Å². The Kier molecular flexibility index (Phi) is 2.47. The number of nitrogens with one attached hydrogen (secondary N) is 1. The zero-order valence-corrected chi connectivity index (χ0v) is 9.88. The van der Waals surface area contributed by atoms with E-state index >= 15 is 0 Å². The van der Waals surface area contributed by atoms with E-state index in [9.17, 15) is 9.59 Å². The van der Waals surface area contributed by atoms with Crippen LogP contribution in [0, 0.1) is 13.8 Å². The minimum absolute atomic E-state index is 0.164. The molecule has 2 heterocycles. The molecule has 0 saturated carbocycles. The summed E-state index contributed by atoms with van der Waals surface area (Å²) in [5.74, 6) is -0.313. The van der Waals surface area contributed by atoms with Crippen molar-refractivity contribution >= 4 is 17.3 Å². The minimum Gasteiger partial charge on any atom is -0.299 e. The average molecular weight is 238 g/mol. The first kappa shape index (κ1) is 10.7. The molecule has 84 valence electrons. The number of rotatable bonds is 2. The van der Waals surface area contributed by atoms with E-state index in [2.05, 4.69) is 14.7 Å². The van der Waals surface area contributed by atoms with Crippen LogP contribution in [0.5, 0.6) is 0 Å². The number of carbonyl (C=O) groups excluding carboxylic acids is 1. The lowest BCUT2D eigenvalue weighted by Crippen LogP contribution is -2.19. The molecule has 0 spiro atoms. The van der Waals surface area contributed by atoms with Crippen molar-refractivity contribution in [3.8, 4) is 0 Å². The summed E-state index contributed by atoms with van der Waals surface area (Å²) in [7, 11) is 1.57. The maximum Gasteiger partial charge on any atom is 0.277 e. The number of carbonyl (C=O) groups is 1. The first-order valence-electron chi connectivity index (χ1n) is 4.61. The van der Waals surface area contributed by atoms with Crippen LogP contribution in [-0.2, 0) is 7.05 Å². The summed E-state index contributed by atoms with van der Waals surface area (Å²) in [6.07, 6.45) is 0. The van der Waals surface area contributed by atoms with Gasteiger partial charge in [0, 0.05) is 12.7 Å². The van der Waals surface area contributed by atoms with Crippen LogP contribution in [0.15, 0.2) is 4.79 Å². The van der Waals surface area contributed by atoms with Gasteiger partial charge < -0.3 is 0 Å². The Morgan fingerprint density at radius 1 is 1.44 bits per heavy atom. The molecule has 0 aliphatic heterocycles. The third kappa shape index (κ3) is 1.49. The molecule has 1 N–H and O–H groups in total. The van der Waals surface area contributed by atoms with Gasteiger partial charge in [0.15, 0.2) is 0 Å². The third-order valence-corrected chi connectivity index (χ3v) is 3.14. The number of H-pyrrole nitrogens is 1. The number of hydrogen-bond acceptors (Lipinski definition) is 5. The van der Waals surface area contributed by atoms with Crippen LogP contribution in [0.3, 0.4) is 0 Å².